The second kappa shape index (κ2) is 6.04. The summed E-state index contributed by atoms with van der Waals surface area (Å²) in [5, 5.41) is 22.2. The highest BCUT2D eigenvalue weighted by atomic mass is 16.6. The number of nitro groups is 2. The maximum Gasteiger partial charge on any atom is 0.695 e. The van der Waals surface area contributed by atoms with Crippen LogP contribution < -0.4 is 0 Å². The lowest BCUT2D eigenvalue weighted by Crippen LogP contribution is -2.28. The highest BCUT2D eigenvalue weighted by Crippen LogP contribution is 2.32. The predicted molar refractivity (Wildman–Crippen MR) is 75.4 cm³/mol. The molecule has 10 heteroatoms. The highest BCUT2D eigenvalue weighted by molar-refractivity contribution is 6.41. The van der Waals surface area contributed by atoms with Crippen LogP contribution in [0.2, 0.25) is 0 Å². The average molecular weight is 304 g/mol. The van der Waals surface area contributed by atoms with E-state index >= 15 is 0 Å². The third-order valence-electron chi connectivity index (χ3n) is 3.65. The molecule has 0 aliphatic carbocycles. The van der Waals surface area contributed by atoms with Gasteiger partial charge in [0.1, 0.15) is 0 Å². The fourth-order valence-corrected chi connectivity index (χ4v) is 2.19. The Morgan fingerprint density at radius 2 is 1.41 bits per heavy atom. The molecule has 0 radical (unpaired) electrons. The third kappa shape index (κ3) is 2.51. The van der Waals surface area contributed by atoms with Gasteiger partial charge in [-0.2, -0.15) is 0 Å². The quantitative estimate of drug-likeness (QED) is 0.208. The minimum Gasteiger partial charge on any atom is -0.360 e. The molecule has 1 rings (SSSR count). The summed E-state index contributed by atoms with van der Waals surface area (Å²) in [6, 6.07) is 0. The molecule has 114 valence electrons. The molecular formula is C12H12N6O4. The van der Waals surface area contributed by atoms with Gasteiger partial charge in [-0.05, 0) is 44.4 Å². The van der Waals surface area contributed by atoms with E-state index in [4.69, 9.17) is 11.1 Å². The first-order chi connectivity index (χ1) is 10.2. The van der Waals surface area contributed by atoms with E-state index in [1.54, 1.807) is 13.8 Å². The van der Waals surface area contributed by atoms with Gasteiger partial charge < -0.3 is 11.1 Å². The first-order valence-electron chi connectivity index (χ1n) is 6.02. The lowest BCUT2D eigenvalue weighted by Gasteiger charge is -2.11. The van der Waals surface area contributed by atoms with Crippen molar-refractivity contribution in [2.45, 2.75) is 27.7 Å². The van der Waals surface area contributed by atoms with Gasteiger partial charge in [0.15, 0.2) is 10.5 Å². The molecule has 0 spiro atoms. The van der Waals surface area contributed by atoms with Crippen molar-refractivity contribution in [3.05, 3.63) is 59.1 Å². The lowest BCUT2D eigenvalue weighted by atomic mass is 9.89. The normalized spacial score (nSPS) is 9.64. The second-order valence-electron chi connectivity index (χ2n) is 4.61. The van der Waals surface area contributed by atoms with E-state index in [2.05, 4.69) is 9.58 Å². The van der Waals surface area contributed by atoms with Crippen LogP contribution in [0.15, 0.2) is 0 Å². The summed E-state index contributed by atoms with van der Waals surface area (Å²) in [5.74, 6) is -1.18. The van der Waals surface area contributed by atoms with Gasteiger partial charge in [-0.25, -0.2) is 0 Å². The van der Waals surface area contributed by atoms with E-state index in [-0.39, 0.29) is 11.1 Å². The monoisotopic (exact) mass is 304 g/mol. The molecular weight excluding hydrogens is 292 g/mol. The zero-order chi connectivity index (χ0) is 17.2. The lowest BCUT2D eigenvalue weighted by molar-refractivity contribution is -0.386. The molecule has 0 bridgehead atoms. The summed E-state index contributed by atoms with van der Waals surface area (Å²) in [6.07, 6.45) is 0. The van der Waals surface area contributed by atoms with Crippen molar-refractivity contribution < 1.29 is 19.4 Å². The standard InChI is InChI=1S/C12H12N6O4/c1-5-6(2)8(4)11(17(19)20)9(7(5)3)10(15-13)12(16-14)18(21)22/h1-4H3. The van der Waals surface area contributed by atoms with E-state index in [1.165, 1.54) is 13.8 Å². The molecule has 0 amide bonds. The fraction of sp³-hybridized carbons (Fsp3) is 0.333. The van der Waals surface area contributed by atoms with Gasteiger partial charge in [-0.3, -0.25) is 20.2 Å². The molecule has 0 saturated carbocycles. The van der Waals surface area contributed by atoms with E-state index < -0.39 is 27.1 Å². The van der Waals surface area contributed by atoms with E-state index in [1.807, 2.05) is 0 Å². The van der Waals surface area contributed by atoms with Crippen LogP contribution in [-0.2, 0) is 0 Å². The fourth-order valence-electron chi connectivity index (χ4n) is 2.19. The van der Waals surface area contributed by atoms with Gasteiger partial charge in [0.05, 0.1) is 4.92 Å². The molecule has 0 aliphatic heterocycles. The molecule has 0 fully saturated rings. The van der Waals surface area contributed by atoms with Crippen LogP contribution in [0.3, 0.4) is 0 Å². The van der Waals surface area contributed by atoms with Crippen molar-refractivity contribution in [1.29, 1.82) is 0 Å². The maximum atomic E-state index is 11.4. The summed E-state index contributed by atoms with van der Waals surface area (Å²) in [5.41, 5.74) is 18.3. The Morgan fingerprint density at radius 1 is 0.909 bits per heavy atom. The molecule has 1 aromatic rings. The first-order valence-corrected chi connectivity index (χ1v) is 6.02. The van der Waals surface area contributed by atoms with Gasteiger partial charge in [0.25, 0.3) is 5.69 Å². The van der Waals surface area contributed by atoms with Crippen molar-refractivity contribution in [2.24, 2.45) is 0 Å². The van der Waals surface area contributed by atoms with E-state index in [0.29, 0.717) is 16.7 Å². The van der Waals surface area contributed by atoms with Gasteiger partial charge >= 0.3 is 11.5 Å². The van der Waals surface area contributed by atoms with Crippen LogP contribution in [0.1, 0.15) is 27.8 Å². The Balaban J connectivity index is 4.03. The van der Waals surface area contributed by atoms with Gasteiger partial charge in [-0.1, -0.05) is 4.79 Å². The van der Waals surface area contributed by atoms with Crippen molar-refractivity contribution in [3.63, 3.8) is 0 Å². The number of nitro benzene ring substituents is 1. The van der Waals surface area contributed by atoms with Gasteiger partial charge in [0.2, 0.25) is 0 Å². The molecule has 0 saturated heterocycles. The molecule has 0 N–H and O–H groups in total. The molecule has 0 unspecified atom stereocenters. The summed E-state index contributed by atoms with van der Waals surface area (Å²) >= 11 is 0. The largest absolute Gasteiger partial charge is 0.695 e. The van der Waals surface area contributed by atoms with E-state index in [0.717, 1.165) is 0 Å². The second-order valence-corrected chi connectivity index (χ2v) is 4.61. The summed E-state index contributed by atoms with van der Waals surface area (Å²) in [7, 11) is 0. The smallest absolute Gasteiger partial charge is 0.360 e. The van der Waals surface area contributed by atoms with Crippen molar-refractivity contribution in [1.82, 2.24) is 0 Å². The topological polar surface area (TPSA) is 159 Å². The third-order valence-corrected chi connectivity index (χ3v) is 3.65. The molecule has 0 aliphatic rings. The zero-order valence-electron chi connectivity index (χ0n) is 12.3. The predicted octanol–water partition coefficient (Wildman–Crippen LogP) is 1.75. The van der Waals surface area contributed by atoms with Gasteiger partial charge in [-0.15, -0.1) is 4.79 Å². The van der Waals surface area contributed by atoms with Crippen LogP contribution in [0.25, 0.3) is 11.1 Å². The maximum absolute atomic E-state index is 11.4. The molecule has 0 heterocycles. The summed E-state index contributed by atoms with van der Waals surface area (Å²) < 4.78 is 0. The SMILES string of the molecule is Cc1c(C)c(C)c([N+](=O)[O-])c(C(=[N+]=[N-])C(=[N+]=[N-])[N+](=O)[O-])c1C. The summed E-state index contributed by atoms with van der Waals surface area (Å²) in [6.45, 7) is 6.35. The Labute approximate surface area is 124 Å². The highest BCUT2D eigenvalue weighted by Gasteiger charge is 2.47. The van der Waals surface area contributed by atoms with Crippen molar-refractivity contribution >= 4 is 17.2 Å². The molecule has 1 aromatic carbocycles. The van der Waals surface area contributed by atoms with Crippen LogP contribution in [0, 0.1) is 47.9 Å². The minimum absolute atomic E-state index is 0.252. The molecule has 22 heavy (non-hydrogen) atoms. The Bertz CT molecular complexity index is 801. The first kappa shape index (κ1) is 16.8. The number of benzene rings is 1. The van der Waals surface area contributed by atoms with Crippen LogP contribution in [0.4, 0.5) is 5.69 Å². The summed E-state index contributed by atoms with van der Waals surface area (Å²) in [4.78, 5) is 25.6. The minimum atomic E-state index is -1.18. The number of hydrogen-bond donors (Lipinski definition) is 0. The van der Waals surface area contributed by atoms with Crippen LogP contribution in [0.5, 0.6) is 0 Å². The van der Waals surface area contributed by atoms with Crippen molar-refractivity contribution in [3.8, 4) is 0 Å². The Morgan fingerprint density at radius 3 is 1.77 bits per heavy atom. The number of nitrogens with zero attached hydrogens (tertiary/aromatic N) is 6. The Hall–Kier alpha value is -3.22. The number of rotatable bonds is 3. The molecule has 10 nitrogen and oxygen atoms in total. The van der Waals surface area contributed by atoms with Crippen molar-refractivity contribution in [2.75, 3.05) is 0 Å². The zero-order valence-corrected chi connectivity index (χ0v) is 12.3. The van der Waals surface area contributed by atoms with Crippen LogP contribution >= 0.6 is 0 Å². The number of hydrogen-bond acceptors (Lipinski definition) is 4. The Kier molecular flexibility index (Phi) is 4.62. The van der Waals surface area contributed by atoms with E-state index in [9.17, 15) is 20.2 Å². The molecule has 0 atom stereocenters. The number of amidine groups is 1. The van der Waals surface area contributed by atoms with Crippen LogP contribution in [-0.4, -0.2) is 31.0 Å². The average Bonchev–Trinajstić information content (AvgIpc) is 2.45. The van der Waals surface area contributed by atoms with Gasteiger partial charge in [0, 0.05) is 5.56 Å². The molecule has 0 aromatic heterocycles.